The van der Waals surface area contributed by atoms with E-state index in [1.807, 2.05) is 24.4 Å². The number of sulfonamides is 1. The third-order valence-electron chi connectivity index (χ3n) is 2.87. The summed E-state index contributed by atoms with van der Waals surface area (Å²) in [6.45, 7) is 1.93. The molecule has 0 bridgehead atoms. The van der Waals surface area contributed by atoms with E-state index in [4.69, 9.17) is 17.3 Å². The standard InChI is InChI=1S/C13H15ClN2O2S2/c1-2-12(13-4-3-7-19-13)16-20(17,18)9-5-6-11(15)10(14)8-9/h3-8,12,16H,2,15H2,1H3. The lowest BCUT2D eigenvalue weighted by Gasteiger charge is -2.16. The highest BCUT2D eigenvalue weighted by Gasteiger charge is 2.21. The second-order valence-corrected chi connectivity index (χ2v) is 7.38. The van der Waals surface area contributed by atoms with Crippen molar-refractivity contribution in [2.75, 3.05) is 5.73 Å². The van der Waals surface area contributed by atoms with Gasteiger partial charge in [0.05, 0.1) is 21.6 Å². The van der Waals surface area contributed by atoms with Crippen LogP contribution in [0.1, 0.15) is 24.3 Å². The number of hydrogen-bond donors (Lipinski definition) is 2. The molecule has 0 fully saturated rings. The lowest BCUT2D eigenvalue weighted by Crippen LogP contribution is -2.27. The van der Waals surface area contributed by atoms with Crippen LogP contribution in [0.2, 0.25) is 5.02 Å². The fourth-order valence-corrected chi connectivity index (χ4v) is 4.27. The molecule has 0 aliphatic rings. The fourth-order valence-electron chi connectivity index (χ4n) is 1.76. The van der Waals surface area contributed by atoms with Crippen molar-refractivity contribution in [1.82, 2.24) is 4.72 Å². The molecular weight excluding hydrogens is 316 g/mol. The van der Waals surface area contributed by atoms with Gasteiger partial charge < -0.3 is 5.73 Å². The van der Waals surface area contributed by atoms with E-state index in [9.17, 15) is 8.42 Å². The molecule has 0 saturated heterocycles. The van der Waals surface area contributed by atoms with E-state index in [0.29, 0.717) is 12.1 Å². The van der Waals surface area contributed by atoms with Crippen LogP contribution in [0.15, 0.2) is 40.6 Å². The summed E-state index contributed by atoms with van der Waals surface area (Å²) in [6, 6.07) is 7.87. The molecule has 2 aromatic rings. The zero-order valence-corrected chi connectivity index (χ0v) is 13.2. The monoisotopic (exact) mass is 330 g/mol. The third-order valence-corrected chi connectivity index (χ3v) is 5.66. The van der Waals surface area contributed by atoms with Crippen molar-refractivity contribution in [1.29, 1.82) is 0 Å². The molecule has 0 aliphatic heterocycles. The average molecular weight is 331 g/mol. The van der Waals surface area contributed by atoms with Gasteiger partial charge in [-0.25, -0.2) is 13.1 Å². The maximum atomic E-state index is 12.4. The van der Waals surface area contributed by atoms with Gasteiger partial charge in [0, 0.05) is 4.88 Å². The van der Waals surface area contributed by atoms with Gasteiger partial charge in [0.15, 0.2) is 0 Å². The zero-order chi connectivity index (χ0) is 14.8. The summed E-state index contributed by atoms with van der Waals surface area (Å²) in [6.07, 6.45) is 0.669. The van der Waals surface area contributed by atoms with Crippen molar-refractivity contribution in [2.45, 2.75) is 24.3 Å². The maximum Gasteiger partial charge on any atom is 0.241 e. The second-order valence-electron chi connectivity index (χ2n) is 4.28. The van der Waals surface area contributed by atoms with Gasteiger partial charge >= 0.3 is 0 Å². The Kier molecular flexibility index (Phi) is 4.70. The second kappa shape index (κ2) is 6.13. The van der Waals surface area contributed by atoms with Crippen molar-refractivity contribution in [3.8, 4) is 0 Å². The van der Waals surface area contributed by atoms with E-state index in [-0.39, 0.29) is 16.0 Å². The first-order chi connectivity index (χ1) is 9.44. The summed E-state index contributed by atoms with van der Waals surface area (Å²) in [5.74, 6) is 0. The highest BCUT2D eigenvalue weighted by atomic mass is 35.5. The molecule has 2 rings (SSSR count). The Morgan fingerprint density at radius 1 is 1.40 bits per heavy atom. The molecule has 1 aromatic heterocycles. The zero-order valence-electron chi connectivity index (χ0n) is 10.8. The minimum Gasteiger partial charge on any atom is -0.398 e. The normalized spacial score (nSPS) is 13.3. The molecule has 1 atom stereocenters. The predicted octanol–water partition coefficient (Wildman–Crippen LogP) is 3.41. The van der Waals surface area contributed by atoms with E-state index >= 15 is 0 Å². The first-order valence-corrected chi connectivity index (χ1v) is 8.79. The number of anilines is 1. The quantitative estimate of drug-likeness (QED) is 0.825. The van der Waals surface area contributed by atoms with Crippen LogP contribution in [-0.4, -0.2) is 8.42 Å². The van der Waals surface area contributed by atoms with Crippen LogP contribution in [-0.2, 0) is 10.0 Å². The molecule has 1 heterocycles. The van der Waals surface area contributed by atoms with Crippen LogP contribution >= 0.6 is 22.9 Å². The SMILES string of the molecule is CCC(NS(=O)(=O)c1ccc(N)c(Cl)c1)c1cccs1. The van der Waals surface area contributed by atoms with Crippen molar-refractivity contribution in [3.63, 3.8) is 0 Å². The van der Waals surface area contributed by atoms with E-state index in [1.54, 1.807) is 0 Å². The number of halogens is 1. The van der Waals surface area contributed by atoms with Crippen molar-refractivity contribution in [2.24, 2.45) is 0 Å². The molecular formula is C13H15ClN2O2S2. The molecule has 3 N–H and O–H groups in total. The molecule has 0 saturated carbocycles. The van der Waals surface area contributed by atoms with Crippen molar-refractivity contribution < 1.29 is 8.42 Å². The topological polar surface area (TPSA) is 72.2 Å². The van der Waals surface area contributed by atoms with E-state index < -0.39 is 10.0 Å². The lowest BCUT2D eigenvalue weighted by atomic mass is 10.2. The summed E-state index contributed by atoms with van der Waals surface area (Å²) in [4.78, 5) is 1.10. The summed E-state index contributed by atoms with van der Waals surface area (Å²) in [7, 11) is -3.62. The number of nitrogen functional groups attached to an aromatic ring is 1. The van der Waals surface area contributed by atoms with Crippen LogP contribution in [0, 0.1) is 0 Å². The molecule has 1 aromatic carbocycles. The van der Waals surface area contributed by atoms with Crippen molar-refractivity contribution >= 4 is 38.6 Å². The molecule has 0 radical (unpaired) electrons. The molecule has 20 heavy (non-hydrogen) atoms. The number of hydrogen-bond acceptors (Lipinski definition) is 4. The summed E-state index contributed by atoms with van der Waals surface area (Å²) >= 11 is 7.40. The van der Waals surface area contributed by atoms with Gasteiger partial charge in [0.2, 0.25) is 10.0 Å². The van der Waals surface area contributed by atoms with Crippen LogP contribution in [0.3, 0.4) is 0 Å². The smallest absolute Gasteiger partial charge is 0.241 e. The predicted molar refractivity (Wildman–Crippen MR) is 83.5 cm³/mol. The van der Waals surface area contributed by atoms with Gasteiger partial charge in [-0.15, -0.1) is 11.3 Å². The first-order valence-electron chi connectivity index (χ1n) is 6.05. The van der Waals surface area contributed by atoms with Gasteiger partial charge in [0.25, 0.3) is 0 Å². The van der Waals surface area contributed by atoms with Gasteiger partial charge in [-0.2, -0.15) is 0 Å². The Morgan fingerprint density at radius 2 is 2.15 bits per heavy atom. The molecule has 0 spiro atoms. The number of benzene rings is 1. The van der Waals surface area contributed by atoms with Gasteiger partial charge in [-0.1, -0.05) is 24.6 Å². The fraction of sp³-hybridized carbons (Fsp3) is 0.231. The highest BCUT2D eigenvalue weighted by Crippen LogP contribution is 2.26. The Balaban J connectivity index is 2.28. The highest BCUT2D eigenvalue weighted by molar-refractivity contribution is 7.89. The summed E-state index contributed by atoms with van der Waals surface area (Å²) in [5, 5.41) is 2.16. The first kappa shape index (κ1) is 15.3. The number of nitrogens with two attached hydrogens (primary N) is 1. The number of thiophene rings is 1. The van der Waals surface area contributed by atoms with Crippen LogP contribution in [0.5, 0.6) is 0 Å². The maximum absolute atomic E-state index is 12.4. The largest absolute Gasteiger partial charge is 0.398 e. The minimum absolute atomic E-state index is 0.117. The van der Waals surface area contributed by atoms with E-state index in [1.165, 1.54) is 29.5 Å². The number of rotatable bonds is 5. The van der Waals surface area contributed by atoms with E-state index in [2.05, 4.69) is 4.72 Å². The Bertz CT molecular complexity index is 684. The minimum atomic E-state index is -3.62. The average Bonchev–Trinajstić information content (AvgIpc) is 2.93. The molecule has 4 nitrogen and oxygen atoms in total. The molecule has 0 amide bonds. The third kappa shape index (κ3) is 3.32. The Labute approximate surface area is 127 Å². The number of nitrogens with one attached hydrogen (secondary N) is 1. The van der Waals surface area contributed by atoms with Crippen LogP contribution in [0.4, 0.5) is 5.69 Å². The van der Waals surface area contributed by atoms with Gasteiger partial charge in [0.1, 0.15) is 0 Å². The Morgan fingerprint density at radius 3 is 2.70 bits per heavy atom. The molecule has 1 unspecified atom stereocenters. The summed E-state index contributed by atoms with van der Waals surface area (Å²) < 4.78 is 27.4. The Hall–Kier alpha value is -1.08. The summed E-state index contributed by atoms with van der Waals surface area (Å²) in [5.41, 5.74) is 5.95. The van der Waals surface area contributed by atoms with Crippen molar-refractivity contribution in [3.05, 3.63) is 45.6 Å². The van der Waals surface area contributed by atoms with Crippen LogP contribution < -0.4 is 10.5 Å². The molecule has 0 aliphatic carbocycles. The van der Waals surface area contributed by atoms with Gasteiger partial charge in [-0.3, -0.25) is 0 Å². The lowest BCUT2D eigenvalue weighted by molar-refractivity contribution is 0.553. The van der Waals surface area contributed by atoms with Crippen LogP contribution in [0.25, 0.3) is 0 Å². The molecule has 7 heteroatoms. The molecule has 108 valence electrons. The van der Waals surface area contributed by atoms with Gasteiger partial charge in [-0.05, 0) is 36.1 Å². The van der Waals surface area contributed by atoms with E-state index in [0.717, 1.165) is 4.88 Å².